The molecule has 0 aromatic rings. The van der Waals surface area contributed by atoms with Gasteiger partial charge in [0.2, 0.25) is 0 Å². The zero-order valence-corrected chi connectivity index (χ0v) is 15.4. The van der Waals surface area contributed by atoms with E-state index in [2.05, 4.69) is 5.92 Å². The van der Waals surface area contributed by atoms with Crippen LogP contribution in [-0.2, 0) is 23.8 Å². The first-order valence-corrected chi connectivity index (χ1v) is 8.10. The molecule has 134 valence electrons. The van der Waals surface area contributed by atoms with Gasteiger partial charge in [0.05, 0.1) is 16.9 Å². The van der Waals surface area contributed by atoms with Gasteiger partial charge in [-0.15, -0.1) is 12.3 Å². The molecule has 3 atom stereocenters. The molecule has 1 rings (SSSR count). The standard InChI is InChI=1S/C19H28O5/c1-8-9-13-10-11-14(24-17(21)19(5,6)7)15(23-13)12-22-16(20)18(2,3)4/h1,10-11,13-15H,9,12H2,2-7H3/t13-,14-,15-/m1/s1. The first kappa shape index (κ1) is 20.2. The van der Waals surface area contributed by atoms with E-state index in [-0.39, 0.29) is 24.6 Å². The van der Waals surface area contributed by atoms with Gasteiger partial charge in [0, 0.05) is 6.42 Å². The SMILES string of the molecule is C#CC[C@@H]1C=C[C@@H](OC(=O)C(C)(C)C)[C@@H](COC(=O)C(C)(C)C)O1. The first-order valence-electron chi connectivity index (χ1n) is 8.10. The predicted octanol–water partition coefficient (Wildman–Crippen LogP) is 2.88. The van der Waals surface area contributed by atoms with Gasteiger partial charge < -0.3 is 14.2 Å². The smallest absolute Gasteiger partial charge is 0.311 e. The van der Waals surface area contributed by atoms with Crippen LogP contribution < -0.4 is 0 Å². The molecule has 5 heteroatoms. The number of carbonyl (C=O) groups excluding carboxylic acids is 2. The molecule has 0 N–H and O–H groups in total. The maximum atomic E-state index is 12.1. The summed E-state index contributed by atoms with van der Waals surface area (Å²) in [6, 6.07) is 0. The second kappa shape index (κ2) is 7.85. The van der Waals surface area contributed by atoms with Crippen molar-refractivity contribution in [1.82, 2.24) is 0 Å². The van der Waals surface area contributed by atoms with Crippen molar-refractivity contribution in [2.75, 3.05) is 6.61 Å². The number of carbonyl (C=O) groups is 2. The highest BCUT2D eigenvalue weighted by molar-refractivity contribution is 5.76. The Balaban J connectivity index is 2.81. The lowest BCUT2D eigenvalue weighted by atomic mass is 9.97. The highest BCUT2D eigenvalue weighted by Crippen LogP contribution is 2.24. The van der Waals surface area contributed by atoms with Gasteiger partial charge in [-0.1, -0.05) is 6.08 Å². The van der Waals surface area contributed by atoms with Crippen LogP contribution >= 0.6 is 0 Å². The third-order valence-electron chi connectivity index (χ3n) is 3.40. The van der Waals surface area contributed by atoms with Crippen molar-refractivity contribution in [3.63, 3.8) is 0 Å². The summed E-state index contributed by atoms with van der Waals surface area (Å²) in [4.78, 5) is 24.1. The van der Waals surface area contributed by atoms with Gasteiger partial charge >= 0.3 is 11.9 Å². The van der Waals surface area contributed by atoms with Crippen LogP contribution in [0, 0.1) is 23.2 Å². The Morgan fingerprint density at radius 2 is 1.67 bits per heavy atom. The van der Waals surface area contributed by atoms with E-state index in [0.717, 1.165) is 0 Å². The number of hydrogen-bond acceptors (Lipinski definition) is 5. The van der Waals surface area contributed by atoms with Crippen molar-refractivity contribution >= 4 is 11.9 Å². The summed E-state index contributed by atoms with van der Waals surface area (Å²) in [5.41, 5.74) is -1.24. The Hall–Kier alpha value is -1.80. The van der Waals surface area contributed by atoms with Crippen LogP contribution in [0.1, 0.15) is 48.0 Å². The third-order valence-corrected chi connectivity index (χ3v) is 3.40. The highest BCUT2D eigenvalue weighted by atomic mass is 16.6. The van der Waals surface area contributed by atoms with E-state index in [0.29, 0.717) is 6.42 Å². The summed E-state index contributed by atoms with van der Waals surface area (Å²) < 4.78 is 16.7. The van der Waals surface area contributed by atoms with Crippen LogP contribution in [-0.4, -0.2) is 36.9 Å². The Morgan fingerprint density at radius 3 is 2.17 bits per heavy atom. The topological polar surface area (TPSA) is 61.8 Å². The lowest BCUT2D eigenvalue weighted by Crippen LogP contribution is -2.43. The normalized spacial score (nSPS) is 24.1. The zero-order chi connectivity index (χ0) is 18.5. The predicted molar refractivity (Wildman–Crippen MR) is 91.0 cm³/mol. The van der Waals surface area contributed by atoms with Crippen molar-refractivity contribution < 1.29 is 23.8 Å². The molecular formula is C19H28O5. The minimum Gasteiger partial charge on any atom is -0.462 e. The molecule has 0 saturated carbocycles. The molecule has 0 bridgehead atoms. The molecule has 0 aromatic heterocycles. The number of hydrogen-bond donors (Lipinski definition) is 0. The van der Waals surface area contributed by atoms with E-state index >= 15 is 0 Å². The van der Waals surface area contributed by atoms with Gasteiger partial charge in [-0.2, -0.15) is 0 Å². The molecule has 5 nitrogen and oxygen atoms in total. The highest BCUT2D eigenvalue weighted by Gasteiger charge is 2.35. The van der Waals surface area contributed by atoms with Gasteiger partial charge in [0.1, 0.15) is 18.8 Å². The molecule has 0 radical (unpaired) electrons. The molecule has 0 spiro atoms. The molecule has 0 amide bonds. The van der Waals surface area contributed by atoms with E-state index in [1.807, 2.05) is 0 Å². The lowest BCUT2D eigenvalue weighted by molar-refractivity contribution is -0.174. The Bertz CT molecular complexity index is 527. The average molecular weight is 336 g/mol. The van der Waals surface area contributed by atoms with Crippen LogP contribution in [0.5, 0.6) is 0 Å². The Labute approximate surface area is 144 Å². The summed E-state index contributed by atoms with van der Waals surface area (Å²) >= 11 is 0. The summed E-state index contributed by atoms with van der Waals surface area (Å²) in [5, 5.41) is 0. The van der Waals surface area contributed by atoms with Gasteiger partial charge in [-0.25, -0.2) is 0 Å². The van der Waals surface area contributed by atoms with E-state index in [9.17, 15) is 9.59 Å². The zero-order valence-electron chi connectivity index (χ0n) is 15.4. The van der Waals surface area contributed by atoms with Gasteiger partial charge in [-0.05, 0) is 47.6 Å². The van der Waals surface area contributed by atoms with E-state index in [1.165, 1.54) is 0 Å². The Morgan fingerprint density at radius 1 is 1.08 bits per heavy atom. The van der Waals surface area contributed by atoms with E-state index in [1.54, 1.807) is 53.7 Å². The molecular weight excluding hydrogens is 308 g/mol. The fourth-order valence-corrected chi connectivity index (χ4v) is 1.86. The molecule has 24 heavy (non-hydrogen) atoms. The van der Waals surface area contributed by atoms with Crippen molar-refractivity contribution in [2.24, 2.45) is 10.8 Å². The maximum Gasteiger partial charge on any atom is 0.311 e. The quantitative estimate of drug-likeness (QED) is 0.449. The number of rotatable bonds is 4. The molecule has 0 aromatic carbocycles. The Kier molecular flexibility index (Phi) is 6.62. The average Bonchev–Trinajstić information content (AvgIpc) is 2.45. The van der Waals surface area contributed by atoms with E-state index < -0.39 is 23.0 Å². The van der Waals surface area contributed by atoms with Crippen molar-refractivity contribution in [3.8, 4) is 12.3 Å². The molecule has 1 aliphatic heterocycles. The van der Waals surface area contributed by atoms with Crippen molar-refractivity contribution in [1.29, 1.82) is 0 Å². The molecule has 1 heterocycles. The van der Waals surface area contributed by atoms with Crippen LogP contribution in [0.15, 0.2) is 12.2 Å². The fraction of sp³-hybridized carbons (Fsp3) is 0.684. The second-order valence-electron chi connectivity index (χ2n) is 7.97. The summed E-state index contributed by atoms with van der Waals surface area (Å²) in [5.74, 6) is 1.85. The summed E-state index contributed by atoms with van der Waals surface area (Å²) in [6.07, 6.45) is 7.79. The number of ether oxygens (including phenoxy) is 3. The van der Waals surface area contributed by atoms with Gasteiger partial charge in [-0.3, -0.25) is 9.59 Å². The molecule has 0 aliphatic carbocycles. The van der Waals surface area contributed by atoms with Crippen molar-refractivity contribution in [3.05, 3.63) is 12.2 Å². The molecule has 0 saturated heterocycles. The second-order valence-corrected chi connectivity index (χ2v) is 7.97. The lowest BCUT2D eigenvalue weighted by Gasteiger charge is -2.33. The van der Waals surface area contributed by atoms with Crippen LogP contribution in [0.2, 0.25) is 0 Å². The fourth-order valence-electron chi connectivity index (χ4n) is 1.86. The van der Waals surface area contributed by atoms with Crippen LogP contribution in [0.3, 0.4) is 0 Å². The number of terminal acetylenes is 1. The monoisotopic (exact) mass is 336 g/mol. The summed E-state index contributed by atoms with van der Waals surface area (Å²) in [6.45, 7) is 10.7. The summed E-state index contributed by atoms with van der Waals surface area (Å²) in [7, 11) is 0. The first-order chi connectivity index (χ1) is 10.9. The van der Waals surface area contributed by atoms with Gasteiger partial charge in [0.25, 0.3) is 0 Å². The van der Waals surface area contributed by atoms with Gasteiger partial charge in [0.15, 0.2) is 0 Å². The van der Waals surface area contributed by atoms with Crippen LogP contribution in [0.25, 0.3) is 0 Å². The maximum absolute atomic E-state index is 12.1. The third kappa shape index (κ3) is 6.01. The molecule has 1 aliphatic rings. The minimum absolute atomic E-state index is 0.00358. The molecule has 0 unspecified atom stereocenters. The van der Waals surface area contributed by atoms with Crippen molar-refractivity contribution in [2.45, 2.75) is 66.3 Å². The molecule has 0 fully saturated rings. The largest absolute Gasteiger partial charge is 0.462 e. The minimum atomic E-state index is -0.629. The number of esters is 2. The van der Waals surface area contributed by atoms with Crippen LogP contribution in [0.4, 0.5) is 0 Å². The van der Waals surface area contributed by atoms with E-state index in [4.69, 9.17) is 20.6 Å².